The molecule has 6 heteroatoms. The fourth-order valence-electron chi connectivity index (χ4n) is 3.90. The van der Waals surface area contributed by atoms with Crippen LogP contribution >= 0.6 is 0 Å². The molecule has 1 spiro atoms. The highest BCUT2D eigenvalue weighted by atomic mass is 16.5. The topological polar surface area (TPSA) is 59.1 Å². The maximum Gasteiger partial charge on any atom is 0.248 e. The van der Waals surface area contributed by atoms with Crippen LogP contribution < -0.4 is 0 Å². The van der Waals surface area contributed by atoms with E-state index in [2.05, 4.69) is 0 Å². The van der Waals surface area contributed by atoms with Crippen molar-refractivity contribution in [3.8, 4) is 0 Å². The molecule has 0 aromatic heterocycles. The molecule has 0 aromatic carbocycles. The first-order valence-electron chi connectivity index (χ1n) is 8.50. The Balaban J connectivity index is 1.80. The summed E-state index contributed by atoms with van der Waals surface area (Å²) in [5.74, 6) is 0.0542. The van der Waals surface area contributed by atoms with Gasteiger partial charge in [0, 0.05) is 19.5 Å². The number of carbonyl (C=O) groups is 2. The van der Waals surface area contributed by atoms with Crippen LogP contribution in [0.25, 0.3) is 0 Å². The molecule has 0 N–H and O–H groups in total. The molecule has 3 aliphatic rings. The number of hydrogen-bond donors (Lipinski definition) is 0. The van der Waals surface area contributed by atoms with E-state index in [1.54, 1.807) is 4.90 Å². The molecular weight excluding hydrogens is 284 g/mol. The number of morpholine rings is 1. The van der Waals surface area contributed by atoms with Crippen LogP contribution in [0.1, 0.15) is 45.4 Å². The first-order valence-corrected chi connectivity index (χ1v) is 8.50. The molecule has 0 bridgehead atoms. The van der Waals surface area contributed by atoms with Crippen molar-refractivity contribution in [1.29, 1.82) is 0 Å². The zero-order valence-corrected chi connectivity index (χ0v) is 13.4. The van der Waals surface area contributed by atoms with Crippen LogP contribution in [-0.4, -0.2) is 66.3 Å². The smallest absolute Gasteiger partial charge is 0.248 e. The lowest BCUT2D eigenvalue weighted by Gasteiger charge is -2.42. The SMILES string of the molecule is CCC(=O)N1[C@@H](C(=O)N2CCOCC2)COC12CCCCC2. The van der Waals surface area contributed by atoms with Gasteiger partial charge in [0.1, 0.15) is 11.8 Å². The summed E-state index contributed by atoms with van der Waals surface area (Å²) in [6, 6.07) is -0.455. The van der Waals surface area contributed by atoms with Crippen molar-refractivity contribution in [2.75, 3.05) is 32.9 Å². The maximum absolute atomic E-state index is 12.9. The first-order chi connectivity index (χ1) is 10.7. The van der Waals surface area contributed by atoms with E-state index in [1.165, 1.54) is 6.42 Å². The summed E-state index contributed by atoms with van der Waals surface area (Å²) in [5, 5.41) is 0. The molecule has 3 rings (SSSR count). The third kappa shape index (κ3) is 2.74. The predicted molar refractivity (Wildman–Crippen MR) is 80.1 cm³/mol. The van der Waals surface area contributed by atoms with Gasteiger partial charge in [0.05, 0.1) is 19.8 Å². The van der Waals surface area contributed by atoms with Gasteiger partial charge < -0.3 is 14.4 Å². The molecule has 3 fully saturated rings. The van der Waals surface area contributed by atoms with E-state index in [0.29, 0.717) is 39.3 Å². The van der Waals surface area contributed by atoms with Crippen molar-refractivity contribution in [3.63, 3.8) is 0 Å². The largest absolute Gasteiger partial charge is 0.378 e. The summed E-state index contributed by atoms with van der Waals surface area (Å²) < 4.78 is 11.4. The standard InChI is InChI=1S/C16H26N2O4/c1-2-14(19)18-13(15(20)17-8-10-21-11-9-17)12-22-16(18)6-4-3-5-7-16/h13H,2-12H2,1H3/t13-/m1/s1. The summed E-state index contributed by atoms with van der Waals surface area (Å²) in [7, 11) is 0. The van der Waals surface area contributed by atoms with Crippen molar-refractivity contribution in [3.05, 3.63) is 0 Å². The third-order valence-corrected chi connectivity index (χ3v) is 5.07. The van der Waals surface area contributed by atoms with E-state index in [0.717, 1.165) is 25.7 Å². The van der Waals surface area contributed by atoms with E-state index in [4.69, 9.17) is 9.47 Å². The Kier molecular flexibility index (Phi) is 4.68. The quantitative estimate of drug-likeness (QED) is 0.767. The number of rotatable bonds is 2. The number of hydrogen-bond acceptors (Lipinski definition) is 4. The molecule has 2 heterocycles. The number of carbonyl (C=O) groups excluding carboxylic acids is 2. The van der Waals surface area contributed by atoms with E-state index >= 15 is 0 Å². The highest BCUT2D eigenvalue weighted by Gasteiger charge is 2.53. The normalized spacial score (nSPS) is 28.1. The van der Waals surface area contributed by atoms with Crippen LogP contribution in [0, 0.1) is 0 Å². The van der Waals surface area contributed by atoms with Gasteiger partial charge in [-0.15, -0.1) is 0 Å². The van der Waals surface area contributed by atoms with Gasteiger partial charge in [-0.05, 0) is 25.7 Å². The molecule has 2 aliphatic heterocycles. The van der Waals surface area contributed by atoms with Crippen LogP contribution in [-0.2, 0) is 19.1 Å². The van der Waals surface area contributed by atoms with Gasteiger partial charge in [-0.1, -0.05) is 13.3 Å². The molecule has 0 aromatic rings. The van der Waals surface area contributed by atoms with Gasteiger partial charge in [0.15, 0.2) is 0 Å². The minimum absolute atomic E-state index is 0.0209. The lowest BCUT2D eigenvalue weighted by Crippen LogP contribution is -2.57. The molecule has 124 valence electrons. The highest BCUT2D eigenvalue weighted by molar-refractivity contribution is 5.88. The monoisotopic (exact) mass is 310 g/mol. The maximum atomic E-state index is 12.9. The lowest BCUT2D eigenvalue weighted by molar-refractivity contribution is -0.162. The summed E-state index contributed by atoms with van der Waals surface area (Å²) in [6.45, 7) is 4.56. The van der Waals surface area contributed by atoms with Crippen LogP contribution in [0.2, 0.25) is 0 Å². The highest BCUT2D eigenvalue weighted by Crippen LogP contribution is 2.41. The summed E-state index contributed by atoms with van der Waals surface area (Å²) in [5.41, 5.74) is -0.530. The fourth-order valence-corrected chi connectivity index (χ4v) is 3.90. The van der Waals surface area contributed by atoms with Crippen LogP contribution in [0.5, 0.6) is 0 Å². The minimum atomic E-state index is -0.530. The molecule has 0 radical (unpaired) electrons. The molecule has 1 atom stereocenters. The van der Waals surface area contributed by atoms with Crippen molar-refractivity contribution in [1.82, 2.24) is 9.80 Å². The molecular formula is C16H26N2O4. The molecule has 1 aliphatic carbocycles. The molecule has 0 unspecified atom stereocenters. The second kappa shape index (κ2) is 6.54. The summed E-state index contributed by atoms with van der Waals surface area (Å²) in [4.78, 5) is 29.0. The zero-order valence-electron chi connectivity index (χ0n) is 13.4. The molecule has 2 saturated heterocycles. The number of nitrogens with zero attached hydrogens (tertiary/aromatic N) is 2. The van der Waals surface area contributed by atoms with Crippen LogP contribution in [0.15, 0.2) is 0 Å². The zero-order chi connectivity index (χ0) is 15.6. The second-order valence-corrected chi connectivity index (χ2v) is 6.39. The second-order valence-electron chi connectivity index (χ2n) is 6.39. The lowest BCUT2D eigenvalue weighted by atomic mass is 9.90. The van der Waals surface area contributed by atoms with E-state index in [9.17, 15) is 9.59 Å². The van der Waals surface area contributed by atoms with E-state index in [1.807, 2.05) is 11.8 Å². The fraction of sp³-hybridized carbons (Fsp3) is 0.875. The number of amides is 2. The predicted octanol–water partition coefficient (Wildman–Crippen LogP) is 1.14. The number of ether oxygens (including phenoxy) is 2. The Morgan fingerprint density at radius 2 is 1.82 bits per heavy atom. The van der Waals surface area contributed by atoms with Crippen molar-refractivity contribution in [2.24, 2.45) is 0 Å². The van der Waals surface area contributed by atoms with Crippen LogP contribution in [0.4, 0.5) is 0 Å². The Labute approximate surface area is 131 Å². The van der Waals surface area contributed by atoms with E-state index in [-0.39, 0.29) is 11.8 Å². The average Bonchev–Trinajstić information content (AvgIpc) is 2.93. The Morgan fingerprint density at radius 3 is 2.45 bits per heavy atom. The van der Waals surface area contributed by atoms with Gasteiger partial charge in [-0.3, -0.25) is 14.5 Å². The van der Waals surface area contributed by atoms with Gasteiger partial charge in [-0.2, -0.15) is 0 Å². The van der Waals surface area contributed by atoms with Gasteiger partial charge >= 0.3 is 0 Å². The van der Waals surface area contributed by atoms with E-state index < -0.39 is 11.8 Å². The van der Waals surface area contributed by atoms with Gasteiger partial charge in [-0.25, -0.2) is 0 Å². The van der Waals surface area contributed by atoms with Gasteiger partial charge in [0.2, 0.25) is 11.8 Å². The molecule has 2 amide bonds. The van der Waals surface area contributed by atoms with Crippen LogP contribution in [0.3, 0.4) is 0 Å². The third-order valence-electron chi connectivity index (χ3n) is 5.07. The van der Waals surface area contributed by atoms with Crippen molar-refractivity contribution in [2.45, 2.75) is 57.2 Å². The average molecular weight is 310 g/mol. The Morgan fingerprint density at radius 1 is 1.14 bits per heavy atom. The Bertz CT molecular complexity index is 428. The summed E-state index contributed by atoms with van der Waals surface area (Å²) >= 11 is 0. The van der Waals surface area contributed by atoms with Gasteiger partial charge in [0.25, 0.3) is 0 Å². The molecule has 22 heavy (non-hydrogen) atoms. The molecule has 6 nitrogen and oxygen atoms in total. The van der Waals surface area contributed by atoms with Crippen molar-refractivity contribution >= 4 is 11.8 Å². The first kappa shape index (κ1) is 15.7. The van der Waals surface area contributed by atoms with Crippen molar-refractivity contribution < 1.29 is 19.1 Å². The molecule has 1 saturated carbocycles. The summed E-state index contributed by atoms with van der Waals surface area (Å²) in [6.07, 6.45) is 5.43. The Hall–Kier alpha value is -1.14. The minimum Gasteiger partial charge on any atom is -0.378 e.